The molecule has 0 spiro atoms. The highest BCUT2D eigenvalue weighted by molar-refractivity contribution is 7.17. The smallest absolute Gasteiger partial charge is 0.251 e. The van der Waals surface area contributed by atoms with E-state index in [0.29, 0.717) is 5.82 Å². The van der Waals surface area contributed by atoms with E-state index >= 15 is 0 Å². The summed E-state index contributed by atoms with van der Waals surface area (Å²) in [6, 6.07) is 13.7. The molecule has 0 aliphatic rings. The standard InChI is InChI=1S/C20H18N4OS/c1-2-15-9-19(25)24-20(23-15)13-7-8-18(21-10-13)22-11-14-12-26-17-6-4-3-5-16(14)17/h3-10,12H,2,11H2,1H3,(H,21,22)(H,23,24,25). The van der Waals surface area contributed by atoms with Crippen LogP contribution in [0.2, 0.25) is 0 Å². The summed E-state index contributed by atoms with van der Waals surface area (Å²) in [5, 5.41) is 6.81. The van der Waals surface area contributed by atoms with Crippen LogP contribution < -0.4 is 10.9 Å². The van der Waals surface area contributed by atoms with Crippen LogP contribution in [0.15, 0.2) is 58.8 Å². The molecule has 0 atom stereocenters. The van der Waals surface area contributed by atoms with Crippen molar-refractivity contribution in [2.24, 2.45) is 0 Å². The summed E-state index contributed by atoms with van der Waals surface area (Å²) < 4.78 is 1.29. The first kappa shape index (κ1) is 16.5. The van der Waals surface area contributed by atoms with Gasteiger partial charge in [-0.15, -0.1) is 11.3 Å². The first-order valence-corrected chi connectivity index (χ1v) is 9.36. The number of anilines is 1. The molecule has 0 saturated carbocycles. The van der Waals surface area contributed by atoms with Crippen LogP contribution >= 0.6 is 11.3 Å². The topological polar surface area (TPSA) is 70.7 Å². The van der Waals surface area contributed by atoms with Crippen LogP contribution in [0, 0.1) is 0 Å². The average molecular weight is 362 g/mol. The van der Waals surface area contributed by atoms with Gasteiger partial charge in [-0.25, -0.2) is 9.97 Å². The number of nitrogens with zero attached hydrogens (tertiary/aromatic N) is 2. The first-order chi connectivity index (χ1) is 12.7. The molecule has 0 aliphatic carbocycles. The van der Waals surface area contributed by atoms with Gasteiger partial charge in [0.25, 0.3) is 5.56 Å². The molecular formula is C20H18N4OS. The molecule has 0 aliphatic heterocycles. The van der Waals surface area contributed by atoms with Gasteiger partial charge < -0.3 is 10.3 Å². The second-order valence-corrected chi connectivity index (χ2v) is 6.89. The van der Waals surface area contributed by atoms with Gasteiger partial charge >= 0.3 is 0 Å². The number of fused-ring (bicyclic) bond motifs is 1. The minimum absolute atomic E-state index is 0.140. The van der Waals surface area contributed by atoms with Crippen LogP contribution in [0.3, 0.4) is 0 Å². The van der Waals surface area contributed by atoms with Gasteiger partial charge in [-0.1, -0.05) is 25.1 Å². The SMILES string of the molecule is CCc1cc(=O)[nH]c(-c2ccc(NCc3csc4ccccc34)nc2)n1. The number of nitrogens with one attached hydrogen (secondary N) is 2. The molecule has 0 unspecified atom stereocenters. The molecule has 3 aromatic heterocycles. The van der Waals surface area contributed by atoms with Crippen molar-refractivity contribution in [1.82, 2.24) is 15.0 Å². The molecule has 0 saturated heterocycles. The van der Waals surface area contributed by atoms with E-state index in [2.05, 4.69) is 49.9 Å². The Morgan fingerprint density at radius 1 is 1.19 bits per heavy atom. The van der Waals surface area contributed by atoms with Crippen molar-refractivity contribution in [2.45, 2.75) is 19.9 Å². The number of pyridine rings is 1. The summed E-state index contributed by atoms with van der Waals surface area (Å²) in [6.07, 6.45) is 2.45. The minimum atomic E-state index is -0.140. The first-order valence-electron chi connectivity index (χ1n) is 8.48. The number of rotatable bonds is 5. The highest BCUT2D eigenvalue weighted by atomic mass is 32.1. The van der Waals surface area contributed by atoms with E-state index in [9.17, 15) is 4.79 Å². The predicted octanol–water partition coefficient (Wildman–Crippen LogP) is 4.22. The van der Waals surface area contributed by atoms with Crippen molar-refractivity contribution >= 4 is 27.2 Å². The normalized spacial score (nSPS) is 11.0. The van der Waals surface area contributed by atoms with Gasteiger partial charge in [0.05, 0.1) is 0 Å². The van der Waals surface area contributed by atoms with Crippen LogP contribution in [-0.4, -0.2) is 15.0 Å². The number of H-pyrrole nitrogens is 1. The lowest BCUT2D eigenvalue weighted by molar-refractivity contribution is 0.985. The fraction of sp³-hybridized carbons (Fsp3) is 0.150. The molecule has 26 heavy (non-hydrogen) atoms. The molecule has 5 nitrogen and oxygen atoms in total. The Morgan fingerprint density at radius 3 is 2.88 bits per heavy atom. The van der Waals surface area contributed by atoms with Crippen molar-refractivity contribution in [3.63, 3.8) is 0 Å². The lowest BCUT2D eigenvalue weighted by atomic mass is 10.2. The van der Waals surface area contributed by atoms with Crippen molar-refractivity contribution in [2.75, 3.05) is 5.32 Å². The molecule has 6 heteroatoms. The molecule has 3 heterocycles. The Balaban J connectivity index is 1.51. The average Bonchev–Trinajstić information content (AvgIpc) is 3.09. The predicted molar refractivity (Wildman–Crippen MR) is 107 cm³/mol. The van der Waals surface area contributed by atoms with E-state index in [1.807, 2.05) is 19.1 Å². The van der Waals surface area contributed by atoms with E-state index in [0.717, 1.165) is 30.0 Å². The van der Waals surface area contributed by atoms with Crippen LogP contribution in [0.5, 0.6) is 0 Å². The quantitative estimate of drug-likeness (QED) is 0.558. The molecule has 0 bridgehead atoms. The van der Waals surface area contributed by atoms with Crippen molar-refractivity contribution < 1.29 is 0 Å². The fourth-order valence-electron chi connectivity index (χ4n) is 2.82. The zero-order valence-electron chi connectivity index (χ0n) is 14.3. The number of thiophene rings is 1. The third kappa shape index (κ3) is 3.36. The zero-order chi connectivity index (χ0) is 17.9. The summed E-state index contributed by atoms with van der Waals surface area (Å²) in [5.74, 6) is 1.34. The molecule has 0 fully saturated rings. The van der Waals surface area contributed by atoms with Crippen LogP contribution in [-0.2, 0) is 13.0 Å². The van der Waals surface area contributed by atoms with E-state index in [1.54, 1.807) is 17.5 Å². The Hall–Kier alpha value is -2.99. The second kappa shape index (κ2) is 7.09. The maximum absolute atomic E-state index is 11.7. The summed E-state index contributed by atoms with van der Waals surface area (Å²) >= 11 is 1.75. The van der Waals surface area contributed by atoms with Gasteiger partial charge in [0.2, 0.25) is 0 Å². The van der Waals surface area contributed by atoms with E-state index in [-0.39, 0.29) is 5.56 Å². The lowest BCUT2D eigenvalue weighted by Gasteiger charge is -2.07. The summed E-state index contributed by atoms with van der Waals surface area (Å²) in [5.41, 5.74) is 2.69. The third-order valence-corrected chi connectivity index (χ3v) is 5.23. The minimum Gasteiger partial charge on any atom is -0.366 e. The molecule has 130 valence electrons. The number of aromatic nitrogens is 3. The molecular weight excluding hydrogens is 344 g/mol. The number of aromatic amines is 1. The second-order valence-electron chi connectivity index (χ2n) is 5.98. The zero-order valence-corrected chi connectivity index (χ0v) is 15.1. The molecule has 0 radical (unpaired) electrons. The monoisotopic (exact) mass is 362 g/mol. The van der Waals surface area contributed by atoms with E-state index in [4.69, 9.17) is 0 Å². The van der Waals surface area contributed by atoms with Crippen LogP contribution in [0.4, 0.5) is 5.82 Å². The molecule has 2 N–H and O–H groups in total. The van der Waals surface area contributed by atoms with E-state index < -0.39 is 0 Å². The van der Waals surface area contributed by atoms with E-state index in [1.165, 1.54) is 21.7 Å². The fourth-order valence-corrected chi connectivity index (χ4v) is 3.78. The number of hydrogen-bond donors (Lipinski definition) is 2. The third-order valence-electron chi connectivity index (χ3n) is 4.21. The van der Waals surface area contributed by atoms with Gasteiger partial charge in [-0.2, -0.15) is 0 Å². The maximum atomic E-state index is 11.7. The molecule has 1 aromatic carbocycles. The van der Waals surface area contributed by atoms with Gasteiger partial charge in [0, 0.05) is 34.8 Å². The van der Waals surface area contributed by atoms with Crippen molar-refractivity contribution in [1.29, 1.82) is 0 Å². The Morgan fingerprint density at radius 2 is 2.08 bits per heavy atom. The number of aryl methyl sites for hydroxylation is 1. The molecule has 0 amide bonds. The largest absolute Gasteiger partial charge is 0.366 e. The van der Waals surface area contributed by atoms with Gasteiger partial charge in [-0.3, -0.25) is 4.79 Å². The summed E-state index contributed by atoms with van der Waals surface area (Å²) in [4.78, 5) is 23.4. The van der Waals surface area contributed by atoms with Crippen LogP contribution in [0.25, 0.3) is 21.5 Å². The lowest BCUT2D eigenvalue weighted by Crippen LogP contribution is -2.10. The van der Waals surface area contributed by atoms with Crippen molar-refractivity contribution in [3.8, 4) is 11.4 Å². The summed E-state index contributed by atoms with van der Waals surface area (Å²) in [7, 11) is 0. The number of hydrogen-bond acceptors (Lipinski definition) is 5. The Labute approximate surface area is 154 Å². The van der Waals surface area contributed by atoms with Gasteiger partial charge in [-0.05, 0) is 40.9 Å². The summed E-state index contributed by atoms with van der Waals surface area (Å²) in [6.45, 7) is 2.70. The van der Waals surface area contributed by atoms with Crippen LogP contribution in [0.1, 0.15) is 18.2 Å². The number of benzene rings is 1. The van der Waals surface area contributed by atoms with Gasteiger partial charge in [0.1, 0.15) is 11.6 Å². The highest BCUT2D eigenvalue weighted by Gasteiger charge is 2.06. The maximum Gasteiger partial charge on any atom is 0.251 e. The Kier molecular flexibility index (Phi) is 4.50. The van der Waals surface area contributed by atoms with Gasteiger partial charge in [0.15, 0.2) is 0 Å². The molecule has 4 rings (SSSR count). The highest BCUT2D eigenvalue weighted by Crippen LogP contribution is 2.26. The molecule has 4 aromatic rings. The Bertz CT molecular complexity index is 1100. The van der Waals surface area contributed by atoms with Crippen molar-refractivity contribution in [3.05, 3.63) is 75.7 Å².